The molecule has 0 aliphatic rings. The largest absolute Gasteiger partial charge is 0.489 e. The van der Waals surface area contributed by atoms with Crippen LogP contribution in [0.5, 0.6) is 5.75 Å². The molecule has 0 radical (unpaired) electrons. The summed E-state index contributed by atoms with van der Waals surface area (Å²) in [6.45, 7) is 3.14. The third kappa shape index (κ3) is 3.86. The van der Waals surface area contributed by atoms with Gasteiger partial charge in [-0.15, -0.1) is 0 Å². The van der Waals surface area contributed by atoms with Crippen LogP contribution in [-0.2, 0) is 13.2 Å². The van der Waals surface area contributed by atoms with Crippen molar-refractivity contribution in [2.45, 2.75) is 20.1 Å². The summed E-state index contributed by atoms with van der Waals surface area (Å²) in [6.07, 6.45) is 0. The number of hydrogen-bond acceptors (Lipinski definition) is 4. The van der Waals surface area contributed by atoms with Crippen LogP contribution in [0.15, 0.2) is 77.2 Å². The number of nitrogens with one attached hydrogen (secondary N) is 1. The number of oxazole rings is 1. The van der Waals surface area contributed by atoms with Crippen LogP contribution < -0.4 is 10.1 Å². The van der Waals surface area contributed by atoms with E-state index >= 15 is 0 Å². The smallest absolute Gasteiger partial charge is 0.192 e. The van der Waals surface area contributed by atoms with E-state index in [2.05, 4.69) is 34.6 Å². The SMILES string of the molecule is Cc1nc2cc(NCc3cccc(OCc4ccccc4)c3)ccc2o1. The van der Waals surface area contributed by atoms with Crippen molar-refractivity contribution in [3.8, 4) is 5.75 Å². The zero-order chi connectivity index (χ0) is 17.8. The van der Waals surface area contributed by atoms with Crippen LogP contribution in [-0.4, -0.2) is 4.98 Å². The first-order valence-electron chi connectivity index (χ1n) is 8.63. The zero-order valence-electron chi connectivity index (χ0n) is 14.6. The predicted molar refractivity (Wildman–Crippen MR) is 103 cm³/mol. The number of rotatable bonds is 6. The van der Waals surface area contributed by atoms with Crippen LogP contribution in [0.1, 0.15) is 17.0 Å². The molecule has 4 nitrogen and oxygen atoms in total. The van der Waals surface area contributed by atoms with E-state index < -0.39 is 0 Å². The summed E-state index contributed by atoms with van der Waals surface area (Å²) in [6, 6.07) is 24.3. The minimum Gasteiger partial charge on any atom is -0.489 e. The Labute approximate surface area is 152 Å². The first-order valence-corrected chi connectivity index (χ1v) is 8.63. The standard InChI is InChI=1S/C22H20N2O2/c1-16-24-21-13-19(10-11-22(21)26-16)23-14-18-8-5-9-20(12-18)25-15-17-6-3-2-4-7-17/h2-13,23H,14-15H2,1H3. The van der Waals surface area contributed by atoms with Crippen molar-refractivity contribution in [2.24, 2.45) is 0 Å². The fourth-order valence-corrected chi connectivity index (χ4v) is 2.84. The maximum Gasteiger partial charge on any atom is 0.192 e. The molecular weight excluding hydrogens is 324 g/mol. The van der Waals surface area contributed by atoms with Crippen molar-refractivity contribution in [1.29, 1.82) is 0 Å². The van der Waals surface area contributed by atoms with Gasteiger partial charge in [-0.2, -0.15) is 0 Å². The van der Waals surface area contributed by atoms with Crippen LogP contribution in [0.2, 0.25) is 0 Å². The number of nitrogens with zero attached hydrogens (tertiary/aromatic N) is 1. The quantitative estimate of drug-likeness (QED) is 0.514. The van der Waals surface area contributed by atoms with Gasteiger partial charge >= 0.3 is 0 Å². The Hall–Kier alpha value is -3.27. The van der Waals surface area contributed by atoms with Crippen molar-refractivity contribution < 1.29 is 9.15 Å². The highest BCUT2D eigenvalue weighted by Crippen LogP contribution is 2.21. The molecule has 0 atom stereocenters. The van der Waals surface area contributed by atoms with Crippen LogP contribution >= 0.6 is 0 Å². The topological polar surface area (TPSA) is 47.3 Å². The summed E-state index contributed by atoms with van der Waals surface area (Å²) in [5.41, 5.74) is 5.01. The van der Waals surface area contributed by atoms with E-state index in [1.54, 1.807) is 0 Å². The molecule has 26 heavy (non-hydrogen) atoms. The molecule has 0 fully saturated rings. The minimum atomic E-state index is 0.569. The third-order valence-corrected chi connectivity index (χ3v) is 4.14. The molecule has 0 spiro atoms. The van der Waals surface area contributed by atoms with Crippen LogP contribution in [0.3, 0.4) is 0 Å². The van der Waals surface area contributed by atoms with Gasteiger partial charge in [-0.1, -0.05) is 42.5 Å². The second-order valence-electron chi connectivity index (χ2n) is 6.19. The lowest BCUT2D eigenvalue weighted by atomic mass is 10.2. The summed E-state index contributed by atoms with van der Waals surface area (Å²) in [5, 5.41) is 3.43. The fourth-order valence-electron chi connectivity index (χ4n) is 2.84. The first-order chi connectivity index (χ1) is 12.8. The second-order valence-corrected chi connectivity index (χ2v) is 6.19. The molecule has 0 saturated carbocycles. The normalized spacial score (nSPS) is 10.8. The number of aryl methyl sites for hydroxylation is 1. The number of aromatic nitrogens is 1. The van der Waals surface area contributed by atoms with E-state index in [1.165, 1.54) is 0 Å². The zero-order valence-corrected chi connectivity index (χ0v) is 14.6. The average molecular weight is 344 g/mol. The van der Waals surface area contributed by atoms with Crippen molar-refractivity contribution in [3.63, 3.8) is 0 Å². The van der Waals surface area contributed by atoms with Crippen LogP contribution in [0.25, 0.3) is 11.1 Å². The lowest BCUT2D eigenvalue weighted by Crippen LogP contribution is -2.00. The number of benzene rings is 3. The molecule has 0 saturated heterocycles. The van der Waals surface area contributed by atoms with Gasteiger partial charge in [0.15, 0.2) is 11.5 Å². The molecule has 130 valence electrons. The van der Waals surface area contributed by atoms with Crippen molar-refractivity contribution in [1.82, 2.24) is 4.98 Å². The van der Waals surface area contributed by atoms with Gasteiger partial charge in [-0.25, -0.2) is 4.98 Å². The highest BCUT2D eigenvalue weighted by molar-refractivity contribution is 5.77. The second kappa shape index (κ2) is 7.31. The Morgan fingerprint density at radius 1 is 0.923 bits per heavy atom. The molecule has 1 heterocycles. The molecule has 0 amide bonds. The van der Waals surface area contributed by atoms with Gasteiger partial charge in [0.2, 0.25) is 0 Å². The molecule has 0 aliphatic carbocycles. The Morgan fingerprint density at radius 3 is 2.65 bits per heavy atom. The highest BCUT2D eigenvalue weighted by Gasteiger charge is 2.04. The molecule has 4 aromatic rings. The molecule has 0 unspecified atom stereocenters. The summed E-state index contributed by atoms with van der Waals surface area (Å²) in [7, 11) is 0. The maximum absolute atomic E-state index is 5.89. The molecule has 4 heteroatoms. The highest BCUT2D eigenvalue weighted by atomic mass is 16.5. The van der Waals surface area contributed by atoms with Gasteiger partial charge in [-0.3, -0.25) is 0 Å². The predicted octanol–water partition coefficient (Wildman–Crippen LogP) is 5.33. The van der Waals surface area contributed by atoms with E-state index in [1.807, 2.05) is 55.5 Å². The molecule has 1 aromatic heterocycles. The van der Waals surface area contributed by atoms with E-state index in [0.717, 1.165) is 33.7 Å². The summed E-state index contributed by atoms with van der Waals surface area (Å²) < 4.78 is 11.4. The van der Waals surface area contributed by atoms with Gasteiger partial charge in [-0.05, 0) is 41.5 Å². The Kier molecular flexibility index (Phi) is 4.56. The van der Waals surface area contributed by atoms with Crippen molar-refractivity contribution in [3.05, 3.63) is 89.8 Å². The minimum absolute atomic E-state index is 0.569. The first kappa shape index (κ1) is 16.2. The Bertz CT molecular complexity index is 1010. The molecule has 0 bridgehead atoms. The van der Waals surface area contributed by atoms with Gasteiger partial charge < -0.3 is 14.5 Å². The molecule has 1 N–H and O–H groups in total. The van der Waals surface area contributed by atoms with Gasteiger partial charge in [0.25, 0.3) is 0 Å². The van der Waals surface area contributed by atoms with Crippen LogP contribution in [0.4, 0.5) is 5.69 Å². The number of fused-ring (bicyclic) bond motifs is 1. The lowest BCUT2D eigenvalue weighted by Gasteiger charge is -2.10. The molecule has 3 aromatic carbocycles. The monoisotopic (exact) mass is 344 g/mol. The van der Waals surface area contributed by atoms with Gasteiger partial charge in [0.1, 0.15) is 17.9 Å². The van der Waals surface area contributed by atoms with E-state index in [4.69, 9.17) is 9.15 Å². The Balaban J connectivity index is 1.39. The van der Waals surface area contributed by atoms with E-state index in [9.17, 15) is 0 Å². The fraction of sp³-hybridized carbons (Fsp3) is 0.136. The van der Waals surface area contributed by atoms with Gasteiger partial charge in [0, 0.05) is 19.2 Å². The maximum atomic E-state index is 5.89. The van der Waals surface area contributed by atoms with E-state index in [-0.39, 0.29) is 0 Å². The Morgan fingerprint density at radius 2 is 1.77 bits per heavy atom. The number of hydrogen-bond donors (Lipinski definition) is 1. The summed E-state index contributed by atoms with van der Waals surface area (Å²) >= 11 is 0. The molecule has 0 aliphatic heterocycles. The van der Waals surface area contributed by atoms with Crippen molar-refractivity contribution >= 4 is 16.8 Å². The van der Waals surface area contributed by atoms with E-state index in [0.29, 0.717) is 19.0 Å². The molecule has 4 rings (SSSR count). The number of ether oxygens (including phenoxy) is 1. The number of anilines is 1. The van der Waals surface area contributed by atoms with Gasteiger partial charge in [0.05, 0.1) is 0 Å². The average Bonchev–Trinajstić information content (AvgIpc) is 3.05. The lowest BCUT2D eigenvalue weighted by molar-refractivity contribution is 0.306. The third-order valence-electron chi connectivity index (χ3n) is 4.14. The molecular formula is C22H20N2O2. The van der Waals surface area contributed by atoms with Crippen LogP contribution in [0, 0.1) is 6.92 Å². The summed E-state index contributed by atoms with van der Waals surface area (Å²) in [4.78, 5) is 4.37. The van der Waals surface area contributed by atoms with Crippen molar-refractivity contribution in [2.75, 3.05) is 5.32 Å². The summed E-state index contributed by atoms with van der Waals surface area (Å²) in [5.74, 6) is 1.55.